The lowest BCUT2D eigenvalue weighted by molar-refractivity contribution is -0.113. The Morgan fingerprint density at radius 1 is 1.06 bits per heavy atom. The third-order valence-corrected chi connectivity index (χ3v) is 11.0. The maximum Gasteiger partial charge on any atom is 0.221 e. The highest BCUT2D eigenvalue weighted by Gasteiger charge is 2.59. The molecule has 176 valence electrons. The summed E-state index contributed by atoms with van der Waals surface area (Å²) in [5, 5.41) is -0.143. The zero-order valence-electron chi connectivity index (χ0n) is 20.9. The smallest absolute Gasteiger partial charge is 0.221 e. The van der Waals surface area contributed by atoms with Crippen LogP contribution in [0.1, 0.15) is 112 Å². The first kappa shape index (κ1) is 23.8. The molecule has 0 bridgehead atoms. The monoisotopic (exact) mass is 446 g/mol. The molecule has 2 heteroatoms. The van der Waals surface area contributed by atoms with E-state index < -0.39 is 0 Å². The van der Waals surface area contributed by atoms with Crippen molar-refractivity contribution in [1.29, 1.82) is 0 Å². The second-order valence-electron chi connectivity index (χ2n) is 13.0. The number of hydrogen-bond acceptors (Lipinski definition) is 1. The summed E-state index contributed by atoms with van der Waals surface area (Å²) in [5.74, 6) is 5.85. The molecule has 4 aliphatic carbocycles. The number of rotatable bonds is 7. The van der Waals surface area contributed by atoms with Crippen LogP contribution < -0.4 is 0 Å². The van der Waals surface area contributed by atoms with Crippen molar-refractivity contribution in [3.8, 4) is 0 Å². The van der Waals surface area contributed by atoms with Crippen LogP contribution in [0.4, 0.5) is 0 Å². The van der Waals surface area contributed by atoms with E-state index in [-0.39, 0.29) is 5.24 Å². The summed E-state index contributed by atoms with van der Waals surface area (Å²) in [6, 6.07) is 0. The van der Waals surface area contributed by atoms with Crippen molar-refractivity contribution in [2.24, 2.45) is 52.3 Å². The van der Waals surface area contributed by atoms with Crippen LogP contribution in [0.25, 0.3) is 0 Å². The van der Waals surface area contributed by atoms with Crippen LogP contribution in [0.2, 0.25) is 0 Å². The highest BCUT2D eigenvalue weighted by atomic mass is 35.5. The van der Waals surface area contributed by atoms with E-state index in [9.17, 15) is 4.79 Å². The van der Waals surface area contributed by atoms with Crippen molar-refractivity contribution < 1.29 is 4.79 Å². The van der Waals surface area contributed by atoms with Gasteiger partial charge < -0.3 is 0 Å². The Bertz CT molecular complexity index is 695. The molecular formula is C29H47ClO. The lowest BCUT2D eigenvalue weighted by Crippen LogP contribution is -2.50. The van der Waals surface area contributed by atoms with Gasteiger partial charge in [0.05, 0.1) is 0 Å². The fraction of sp³-hybridized carbons (Fsp3) is 0.897. The van der Waals surface area contributed by atoms with E-state index >= 15 is 0 Å². The first-order valence-corrected chi connectivity index (χ1v) is 13.9. The first-order valence-electron chi connectivity index (χ1n) is 13.5. The van der Waals surface area contributed by atoms with Crippen molar-refractivity contribution in [2.75, 3.05) is 0 Å². The molecule has 0 radical (unpaired) electrons. The minimum atomic E-state index is -0.143. The van der Waals surface area contributed by atoms with Crippen LogP contribution in [0.15, 0.2) is 11.6 Å². The van der Waals surface area contributed by atoms with Gasteiger partial charge in [-0.05, 0) is 115 Å². The predicted molar refractivity (Wildman–Crippen MR) is 132 cm³/mol. The van der Waals surface area contributed by atoms with Gasteiger partial charge in [0.15, 0.2) is 0 Å². The average molecular weight is 447 g/mol. The number of carbonyl (C=O) groups is 1. The van der Waals surface area contributed by atoms with Crippen molar-refractivity contribution in [1.82, 2.24) is 0 Å². The highest BCUT2D eigenvalue weighted by molar-refractivity contribution is 6.63. The summed E-state index contributed by atoms with van der Waals surface area (Å²) >= 11 is 5.74. The Kier molecular flexibility index (Phi) is 7.04. The molecule has 0 amide bonds. The molecule has 1 nitrogen and oxygen atoms in total. The van der Waals surface area contributed by atoms with E-state index in [0.717, 1.165) is 41.9 Å². The quantitative estimate of drug-likeness (QED) is 0.282. The third-order valence-electron chi connectivity index (χ3n) is 10.9. The second-order valence-corrected chi connectivity index (χ2v) is 13.4. The fourth-order valence-corrected chi connectivity index (χ4v) is 9.38. The van der Waals surface area contributed by atoms with Crippen LogP contribution in [-0.2, 0) is 4.79 Å². The van der Waals surface area contributed by atoms with Crippen LogP contribution >= 0.6 is 11.6 Å². The minimum absolute atomic E-state index is 0.143. The minimum Gasteiger partial charge on any atom is -0.281 e. The van der Waals surface area contributed by atoms with Crippen molar-refractivity contribution in [3.05, 3.63) is 11.6 Å². The molecule has 8 atom stereocenters. The molecule has 0 saturated heterocycles. The summed E-state index contributed by atoms with van der Waals surface area (Å²) in [4.78, 5) is 11.5. The Morgan fingerprint density at radius 3 is 2.55 bits per heavy atom. The van der Waals surface area contributed by atoms with Crippen LogP contribution in [0, 0.1) is 52.3 Å². The molecule has 0 aromatic rings. The Balaban J connectivity index is 1.47. The summed E-state index contributed by atoms with van der Waals surface area (Å²) in [5.41, 5.74) is 2.64. The molecule has 4 aliphatic rings. The van der Waals surface area contributed by atoms with Crippen molar-refractivity contribution in [3.63, 3.8) is 0 Å². The lowest BCUT2D eigenvalue weighted by atomic mass is 9.46. The standard InChI is InChI=1S/C29H47ClO/c1-19(2)7-6-8-20(3)24-11-12-25-23-10-9-22-17-21(18-27(30)31)13-15-28(22,4)26(23)14-16-29(24,25)5/h9,19-21,23-26H,6-8,10-18H2,1-5H3. The molecular weight excluding hydrogens is 400 g/mol. The molecule has 3 fully saturated rings. The largest absolute Gasteiger partial charge is 0.281 e. The molecule has 4 rings (SSSR count). The number of hydrogen-bond donors (Lipinski definition) is 0. The molecule has 0 aromatic carbocycles. The van der Waals surface area contributed by atoms with Gasteiger partial charge in [0.2, 0.25) is 5.24 Å². The predicted octanol–water partition coefficient (Wildman–Crippen LogP) is 8.80. The van der Waals surface area contributed by atoms with Gasteiger partial charge in [-0.25, -0.2) is 0 Å². The topological polar surface area (TPSA) is 17.1 Å². The van der Waals surface area contributed by atoms with E-state index in [1.165, 1.54) is 64.2 Å². The summed E-state index contributed by atoms with van der Waals surface area (Å²) in [6.45, 7) is 12.6. The molecule has 8 unspecified atom stereocenters. The van der Waals surface area contributed by atoms with Gasteiger partial charge in [0.25, 0.3) is 0 Å². The number of carbonyl (C=O) groups excluding carboxylic acids is 1. The van der Waals surface area contributed by atoms with E-state index in [4.69, 9.17) is 11.6 Å². The Morgan fingerprint density at radius 2 is 1.84 bits per heavy atom. The molecule has 0 aromatic heterocycles. The molecule has 0 spiro atoms. The molecule has 31 heavy (non-hydrogen) atoms. The number of fused-ring (bicyclic) bond motifs is 5. The van der Waals surface area contributed by atoms with Gasteiger partial charge in [0.1, 0.15) is 0 Å². The molecule has 0 heterocycles. The summed E-state index contributed by atoms with van der Waals surface area (Å²) in [6.07, 6.45) is 18.1. The van der Waals surface area contributed by atoms with Crippen LogP contribution in [0.5, 0.6) is 0 Å². The normalized spacial score (nSPS) is 43.1. The van der Waals surface area contributed by atoms with Gasteiger partial charge in [-0.3, -0.25) is 4.79 Å². The van der Waals surface area contributed by atoms with Gasteiger partial charge in [0, 0.05) is 6.42 Å². The van der Waals surface area contributed by atoms with E-state index in [0.29, 0.717) is 23.2 Å². The fourth-order valence-electron chi connectivity index (χ4n) is 9.16. The summed E-state index contributed by atoms with van der Waals surface area (Å²) in [7, 11) is 0. The van der Waals surface area contributed by atoms with Crippen molar-refractivity contribution >= 4 is 16.8 Å². The summed E-state index contributed by atoms with van der Waals surface area (Å²) < 4.78 is 0. The van der Waals surface area contributed by atoms with Gasteiger partial charge >= 0.3 is 0 Å². The molecule has 0 N–H and O–H groups in total. The molecule has 0 aliphatic heterocycles. The van der Waals surface area contributed by atoms with Crippen molar-refractivity contribution in [2.45, 2.75) is 112 Å². The average Bonchev–Trinajstić information content (AvgIpc) is 3.05. The maximum absolute atomic E-state index is 11.5. The Hall–Kier alpha value is -0.300. The van der Waals surface area contributed by atoms with E-state index in [1.54, 1.807) is 5.57 Å². The third kappa shape index (κ3) is 4.43. The van der Waals surface area contributed by atoms with Gasteiger partial charge in [-0.2, -0.15) is 0 Å². The second kappa shape index (κ2) is 9.15. The maximum atomic E-state index is 11.5. The van der Waals surface area contributed by atoms with Gasteiger partial charge in [-0.15, -0.1) is 0 Å². The molecule has 3 saturated carbocycles. The zero-order chi connectivity index (χ0) is 22.4. The van der Waals surface area contributed by atoms with Crippen LogP contribution in [-0.4, -0.2) is 5.24 Å². The van der Waals surface area contributed by atoms with Gasteiger partial charge in [-0.1, -0.05) is 65.5 Å². The number of allylic oxidation sites excluding steroid dienone is 2. The highest BCUT2D eigenvalue weighted by Crippen LogP contribution is 2.67. The number of halogens is 1. The van der Waals surface area contributed by atoms with E-state index in [2.05, 4.69) is 40.7 Å². The van der Waals surface area contributed by atoms with Crippen LogP contribution in [0.3, 0.4) is 0 Å². The zero-order valence-corrected chi connectivity index (χ0v) is 21.6. The lowest BCUT2D eigenvalue weighted by Gasteiger charge is -2.58. The first-order chi connectivity index (χ1) is 14.6. The SMILES string of the molecule is CC(C)CCCC(C)C1CCC2C3CC=C4CC(CC(=O)Cl)CCC4(C)C3CCC12C. The Labute approximate surface area is 197 Å². The van der Waals surface area contributed by atoms with E-state index in [1.807, 2.05) is 0 Å².